The Kier molecular flexibility index (Phi) is 5.28. The maximum Gasteiger partial charge on any atom is 0.289 e. The van der Waals surface area contributed by atoms with Crippen LogP contribution < -0.4 is 14.9 Å². The van der Waals surface area contributed by atoms with E-state index in [1.165, 1.54) is 0 Å². The maximum atomic E-state index is 12.2. The van der Waals surface area contributed by atoms with Gasteiger partial charge in [0, 0.05) is 5.56 Å². The second-order valence-corrected chi connectivity index (χ2v) is 5.35. The fourth-order valence-corrected chi connectivity index (χ4v) is 2.35. The number of aromatic amines is 1. The van der Waals surface area contributed by atoms with E-state index in [2.05, 4.69) is 20.7 Å². The SMILES string of the molecule is COc1ccc(-c2cc(C(=O)N/N=C\c3ccccc3)[nH]n2)cc1OC. The fourth-order valence-electron chi connectivity index (χ4n) is 2.35. The molecular formula is C19H18N4O3. The van der Waals surface area contributed by atoms with E-state index in [9.17, 15) is 4.79 Å². The van der Waals surface area contributed by atoms with Crippen molar-refractivity contribution in [1.82, 2.24) is 15.6 Å². The number of hydrazone groups is 1. The molecular weight excluding hydrogens is 332 g/mol. The first-order valence-corrected chi connectivity index (χ1v) is 7.87. The molecule has 2 N–H and O–H groups in total. The van der Waals surface area contributed by atoms with Gasteiger partial charge in [-0.2, -0.15) is 10.2 Å². The average Bonchev–Trinajstić information content (AvgIpc) is 3.18. The molecule has 132 valence electrons. The lowest BCUT2D eigenvalue weighted by Crippen LogP contribution is -2.17. The van der Waals surface area contributed by atoms with Gasteiger partial charge in [-0.3, -0.25) is 9.89 Å². The second kappa shape index (κ2) is 7.98. The normalized spacial score (nSPS) is 10.7. The molecule has 7 heteroatoms. The summed E-state index contributed by atoms with van der Waals surface area (Å²) < 4.78 is 10.5. The van der Waals surface area contributed by atoms with Crippen LogP contribution in [-0.4, -0.2) is 36.5 Å². The lowest BCUT2D eigenvalue weighted by atomic mass is 10.1. The smallest absolute Gasteiger partial charge is 0.289 e. The van der Waals surface area contributed by atoms with Crippen LogP contribution in [0.25, 0.3) is 11.3 Å². The summed E-state index contributed by atoms with van der Waals surface area (Å²) in [5.41, 5.74) is 5.08. The van der Waals surface area contributed by atoms with Crippen molar-refractivity contribution in [3.63, 3.8) is 0 Å². The van der Waals surface area contributed by atoms with Crippen molar-refractivity contribution in [2.45, 2.75) is 0 Å². The lowest BCUT2D eigenvalue weighted by molar-refractivity contribution is 0.0950. The third-order valence-electron chi connectivity index (χ3n) is 3.68. The molecule has 0 atom stereocenters. The molecule has 0 saturated carbocycles. The van der Waals surface area contributed by atoms with Gasteiger partial charge in [0.2, 0.25) is 0 Å². The average molecular weight is 350 g/mol. The van der Waals surface area contributed by atoms with Crippen LogP contribution in [0.15, 0.2) is 59.7 Å². The molecule has 1 heterocycles. The molecule has 2 aromatic carbocycles. The van der Waals surface area contributed by atoms with Crippen molar-refractivity contribution in [3.05, 3.63) is 65.9 Å². The van der Waals surface area contributed by atoms with Crippen molar-refractivity contribution < 1.29 is 14.3 Å². The van der Waals surface area contributed by atoms with Gasteiger partial charge in [-0.15, -0.1) is 0 Å². The number of H-pyrrole nitrogens is 1. The Morgan fingerprint density at radius 3 is 2.58 bits per heavy atom. The number of methoxy groups -OCH3 is 2. The molecule has 0 spiro atoms. The van der Waals surface area contributed by atoms with Crippen LogP contribution >= 0.6 is 0 Å². The number of ether oxygens (including phenoxy) is 2. The van der Waals surface area contributed by atoms with Gasteiger partial charge in [-0.1, -0.05) is 30.3 Å². The van der Waals surface area contributed by atoms with Crippen LogP contribution in [0.2, 0.25) is 0 Å². The Labute approximate surface area is 150 Å². The van der Waals surface area contributed by atoms with Gasteiger partial charge in [0.1, 0.15) is 5.69 Å². The van der Waals surface area contributed by atoms with Crippen molar-refractivity contribution in [2.75, 3.05) is 14.2 Å². The van der Waals surface area contributed by atoms with E-state index in [1.54, 1.807) is 38.6 Å². The summed E-state index contributed by atoms with van der Waals surface area (Å²) in [7, 11) is 3.14. The molecule has 0 bridgehead atoms. The number of aromatic nitrogens is 2. The maximum absolute atomic E-state index is 12.2. The third-order valence-corrected chi connectivity index (χ3v) is 3.68. The van der Waals surface area contributed by atoms with Crippen LogP contribution in [0, 0.1) is 0 Å². The number of amides is 1. The number of nitrogens with zero attached hydrogens (tertiary/aromatic N) is 2. The quantitative estimate of drug-likeness (QED) is 0.528. The molecule has 0 unspecified atom stereocenters. The largest absolute Gasteiger partial charge is 0.493 e. The van der Waals surface area contributed by atoms with Gasteiger partial charge in [0.15, 0.2) is 11.5 Å². The topological polar surface area (TPSA) is 88.6 Å². The van der Waals surface area contributed by atoms with E-state index in [4.69, 9.17) is 9.47 Å². The summed E-state index contributed by atoms with van der Waals surface area (Å²) in [4.78, 5) is 12.2. The van der Waals surface area contributed by atoms with Gasteiger partial charge in [-0.25, -0.2) is 5.43 Å². The molecule has 0 radical (unpaired) electrons. The Morgan fingerprint density at radius 2 is 1.85 bits per heavy atom. The Bertz CT molecular complexity index is 920. The summed E-state index contributed by atoms with van der Waals surface area (Å²) in [6.45, 7) is 0. The summed E-state index contributed by atoms with van der Waals surface area (Å²) in [5, 5.41) is 10.8. The zero-order valence-corrected chi connectivity index (χ0v) is 14.4. The van der Waals surface area contributed by atoms with Crippen LogP contribution in [0.1, 0.15) is 16.1 Å². The first-order valence-electron chi connectivity index (χ1n) is 7.87. The van der Waals surface area contributed by atoms with Crippen molar-refractivity contribution in [1.29, 1.82) is 0 Å². The highest BCUT2D eigenvalue weighted by molar-refractivity contribution is 5.94. The summed E-state index contributed by atoms with van der Waals surface area (Å²) >= 11 is 0. The number of benzene rings is 2. The van der Waals surface area contributed by atoms with E-state index < -0.39 is 0 Å². The molecule has 1 aromatic heterocycles. The van der Waals surface area contributed by atoms with E-state index in [0.717, 1.165) is 11.1 Å². The number of hydrogen-bond donors (Lipinski definition) is 2. The predicted molar refractivity (Wildman–Crippen MR) is 98.6 cm³/mol. The number of hydrogen-bond acceptors (Lipinski definition) is 5. The number of carbonyl (C=O) groups is 1. The summed E-state index contributed by atoms with van der Waals surface area (Å²) in [6.07, 6.45) is 1.57. The third kappa shape index (κ3) is 3.89. The summed E-state index contributed by atoms with van der Waals surface area (Å²) in [5.74, 6) is 0.836. The van der Waals surface area contributed by atoms with Crippen LogP contribution in [0.5, 0.6) is 11.5 Å². The van der Waals surface area contributed by atoms with E-state index in [0.29, 0.717) is 22.9 Å². The molecule has 0 aliphatic heterocycles. The first kappa shape index (κ1) is 17.2. The zero-order valence-electron chi connectivity index (χ0n) is 14.4. The van der Waals surface area contributed by atoms with Gasteiger partial charge < -0.3 is 9.47 Å². The molecule has 26 heavy (non-hydrogen) atoms. The Balaban J connectivity index is 1.71. The molecule has 0 aliphatic rings. The molecule has 3 aromatic rings. The highest BCUT2D eigenvalue weighted by atomic mass is 16.5. The predicted octanol–water partition coefficient (Wildman–Crippen LogP) is 2.86. The van der Waals surface area contributed by atoms with Gasteiger partial charge >= 0.3 is 0 Å². The Morgan fingerprint density at radius 1 is 1.08 bits per heavy atom. The monoisotopic (exact) mass is 350 g/mol. The molecule has 0 fully saturated rings. The zero-order chi connectivity index (χ0) is 18.4. The van der Waals surface area contributed by atoms with Gasteiger partial charge in [0.05, 0.1) is 26.1 Å². The van der Waals surface area contributed by atoms with Gasteiger partial charge in [-0.05, 0) is 29.8 Å². The van der Waals surface area contributed by atoms with Crippen molar-refractivity contribution in [3.8, 4) is 22.8 Å². The minimum absolute atomic E-state index is 0.306. The van der Waals surface area contributed by atoms with Crippen LogP contribution in [0.4, 0.5) is 0 Å². The standard InChI is InChI=1S/C19H18N4O3/c1-25-17-9-8-14(10-18(17)26-2)15-11-16(22-21-15)19(24)23-20-12-13-6-4-3-5-7-13/h3-12H,1-2H3,(H,21,22)(H,23,24)/b20-12-. The highest BCUT2D eigenvalue weighted by Gasteiger charge is 2.12. The van der Waals surface area contributed by atoms with E-state index in [1.807, 2.05) is 36.4 Å². The van der Waals surface area contributed by atoms with E-state index >= 15 is 0 Å². The molecule has 0 aliphatic carbocycles. The van der Waals surface area contributed by atoms with Crippen molar-refractivity contribution in [2.24, 2.45) is 5.10 Å². The second-order valence-electron chi connectivity index (χ2n) is 5.35. The first-order chi connectivity index (χ1) is 12.7. The highest BCUT2D eigenvalue weighted by Crippen LogP contribution is 2.31. The molecule has 1 amide bonds. The van der Waals surface area contributed by atoms with Crippen LogP contribution in [-0.2, 0) is 0 Å². The van der Waals surface area contributed by atoms with Gasteiger partial charge in [0.25, 0.3) is 5.91 Å². The lowest BCUT2D eigenvalue weighted by Gasteiger charge is -2.08. The number of nitrogens with one attached hydrogen (secondary N) is 2. The minimum Gasteiger partial charge on any atom is -0.493 e. The van der Waals surface area contributed by atoms with Crippen molar-refractivity contribution >= 4 is 12.1 Å². The number of rotatable bonds is 6. The molecule has 7 nitrogen and oxygen atoms in total. The fraction of sp³-hybridized carbons (Fsp3) is 0.105. The molecule has 0 saturated heterocycles. The Hall–Kier alpha value is -3.61. The minimum atomic E-state index is -0.378. The summed E-state index contributed by atoms with van der Waals surface area (Å²) in [6, 6.07) is 16.6. The van der Waals surface area contributed by atoms with Crippen LogP contribution in [0.3, 0.4) is 0 Å². The van der Waals surface area contributed by atoms with E-state index in [-0.39, 0.29) is 5.91 Å². The molecule has 3 rings (SSSR count). The number of carbonyl (C=O) groups excluding carboxylic acids is 1.